The molecule has 4 aromatic rings. The van der Waals surface area contributed by atoms with Crippen molar-refractivity contribution >= 4 is 52.2 Å². The molecule has 0 fully saturated rings. The van der Waals surface area contributed by atoms with E-state index in [1.165, 1.54) is 23.2 Å². The van der Waals surface area contributed by atoms with Crippen molar-refractivity contribution in [1.29, 1.82) is 0 Å². The van der Waals surface area contributed by atoms with E-state index in [2.05, 4.69) is 15.6 Å². The minimum atomic E-state index is -1.13. The molecule has 0 radical (unpaired) electrons. The molecule has 0 unspecified atom stereocenters. The summed E-state index contributed by atoms with van der Waals surface area (Å²) in [7, 11) is 1.57. The fraction of sp³-hybridized carbons (Fsp3) is 0.432. The molecule has 4 bridgehead atoms. The SMILES string of the molecule is Cc1cc2ccc1[C@@H](C)COC(=O)Nc1cc(F)c(CC(C)C)c(c1)CN(C)C(=O)[C@@H]2Nc1cc2ccnc(N(C(=O)OC(C)(C)C)C(=O)OC(C)(C)C)c2cc1F. The number of likely N-dealkylation sites (N-methyl/N-ethyl adjacent to an activating group) is 1. The zero-order chi connectivity index (χ0) is 42.9. The molecule has 2 aliphatic rings. The third-order valence-electron chi connectivity index (χ3n) is 9.29. The molecule has 0 saturated carbocycles. The van der Waals surface area contributed by atoms with Gasteiger partial charge in [-0.3, -0.25) is 10.1 Å². The maximum atomic E-state index is 16.5. The first kappa shape index (κ1) is 43.3. The van der Waals surface area contributed by atoms with Crippen molar-refractivity contribution in [1.82, 2.24) is 9.88 Å². The van der Waals surface area contributed by atoms with Crippen molar-refractivity contribution in [2.75, 3.05) is 29.2 Å². The number of aromatic nitrogens is 1. The lowest BCUT2D eigenvalue weighted by molar-refractivity contribution is -0.131. The number of nitrogens with one attached hydrogen (secondary N) is 2. The summed E-state index contributed by atoms with van der Waals surface area (Å²) in [5.74, 6) is -2.14. The number of aryl methyl sites for hydroxylation is 1. The number of anilines is 3. The van der Waals surface area contributed by atoms with Crippen molar-refractivity contribution in [3.8, 4) is 0 Å². The van der Waals surface area contributed by atoms with Gasteiger partial charge in [-0.2, -0.15) is 4.90 Å². The highest BCUT2D eigenvalue weighted by atomic mass is 19.1. The van der Waals surface area contributed by atoms with Crippen molar-refractivity contribution in [3.05, 3.63) is 94.2 Å². The topological polar surface area (TPSA) is 139 Å². The van der Waals surface area contributed by atoms with Crippen molar-refractivity contribution in [3.63, 3.8) is 0 Å². The maximum Gasteiger partial charge on any atom is 0.425 e. The van der Waals surface area contributed by atoms with E-state index in [-0.39, 0.29) is 47.6 Å². The van der Waals surface area contributed by atoms with Gasteiger partial charge in [-0.15, -0.1) is 0 Å². The summed E-state index contributed by atoms with van der Waals surface area (Å²) < 4.78 is 48.7. The zero-order valence-corrected chi connectivity index (χ0v) is 35.0. The van der Waals surface area contributed by atoms with Crippen LogP contribution < -0.4 is 15.5 Å². The number of hydrogen-bond donors (Lipinski definition) is 2. The van der Waals surface area contributed by atoms with Crippen LogP contribution in [-0.4, -0.2) is 58.9 Å². The van der Waals surface area contributed by atoms with E-state index in [0.717, 1.165) is 17.2 Å². The predicted molar refractivity (Wildman–Crippen MR) is 219 cm³/mol. The standard InChI is InChI=1S/C44H53F2N5O7/c1-24(2)16-32-29-18-30(20-34(32)45)48-40(53)56-23-26(4)31-13-12-28(17-25(31)3)37(39(52)50(11)22-29)49-36-19-27-14-15-47-38(33(27)21-35(36)46)51(41(54)57-43(5,6)7)42(55)58-44(8,9)10/h12-15,17-21,24,26,37,49H,16,22-23H2,1-11H3,(H,48,53)/t26-,37+/m0/s1. The Hall–Kier alpha value is -5.79. The van der Waals surface area contributed by atoms with E-state index in [1.54, 1.807) is 66.8 Å². The summed E-state index contributed by atoms with van der Waals surface area (Å²) in [6.07, 6.45) is -1.11. The summed E-state index contributed by atoms with van der Waals surface area (Å²) in [4.78, 5) is 60.7. The molecule has 4 amide bonds. The van der Waals surface area contributed by atoms with E-state index >= 15 is 8.78 Å². The van der Waals surface area contributed by atoms with Crippen LogP contribution in [0, 0.1) is 24.5 Å². The molecule has 0 saturated heterocycles. The summed E-state index contributed by atoms with van der Waals surface area (Å²) in [6.45, 7) is 17.5. The average Bonchev–Trinajstić information content (AvgIpc) is 3.09. The molecule has 6 rings (SSSR count). The first-order valence-corrected chi connectivity index (χ1v) is 19.2. The molecule has 310 valence electrons. The van der Waals surface area contributed by atoms with Gasteiger partial charge in [0.2, 0.25) is 5.91 Å². The number of halogens is 2. The zero-order valence-electron chi connectivity index (χ0n) is 35.0. The molecular weight excluding hydrogens is 749 g/mol. The number of nitrogens with zero attached hydrogens (tertiary/aromatic N) is 3. The predicted octanol–water partition coefficient (Wildman–Crippen LogP) is 10.2. The van der Waals surface area contributed by atoms with E-state index in [4.69, 9.17) is 14.2 Å². The van der Waals surface area contributed by atoms with Crippen LogP contribution in [-0.2, 0) is 32.0 Å². The lowest BCUT2D eigenvalue weighted by Crippen LogP contribution is -2.44. The lowest BCUT2D eigenvalue weighted by Gasteiger charge is -2.29. The van der Waals surface area contributed by atoms with E-state index in [1.807, 2.05) is 39.8 Å². The second-order valence-electron chi connectivity index (χ2n) is 17.2. The smallest absolute Gasteiger partial charge is 0.425 e. The van der Waals surface area contributed by atoms with Gasteiger partial charge < -0.3 is 24.4 Å². The molecule has 2 N–H and O–H groups in total. The number of carbonyl (C=O) groups is 4. The number of carbonyl (C=O) groups excluding carboxylic acids is 4. The normalized spacial score (nSPS) is 16.6. The summed E-state index contributed by atoms with van der Waals surface area (Å²) in [6, 6.07) is 11.4. The van der Waals surface area contributed by atoms with Crippen LogP contribution >= 0.6 is 0 Å². The Kier molecular flexibility index (Phi) is 12.7. The van der Waals surface area contributed by atoms with Gasteiger partial charge in [0.25, 0.3) is 0 Å². The molecule has 14 heteroatoms. The van der Waals surface area contributed by atoms with Gasteiger partial charge in [-0.05, 0) is 124 Å². The Bertz CT molecular complexity index is 2200. The first-order chi connectivity index (χ1) is 27.0. The highest BCUT2D eigenvalue weighted by molar-refractivity contribution is 6.14. The molecule has 1 aromatic heterocycles. The number of rotatable bonds is 5. The minimum absolute atomic E-state index is 0.0327. The molecule has 58 heavy (non-hydrogen) atoms. The lowest BCUT2D eigenvalue weighted by atomic mass is 9.92. The Morgan fingerprint density at radius 2 is 1.64 bits per heavy atom. The molecule has 0 spiro atoms. The molecule has 3 aromatic carbocycles. The highest BCUT2D eigenvalue weighted by Gasteiger charge is 2.35. The van der Waals surface area contributed by atoms with Crippen LogP contribution in [0.5, 0.6) is 0 Å². The van der Waals surface area contributed by atoms with Crippen molar-refractivity contribution < 1.29 is 42.2 Å². The van der Waals surface area contributed by atoms with Gasteiger partial charge in [-0.1, -0.05) is 39.0 Å². The molecule has 2 atom stereocenters. The number of imide groups is 1. The summed E-state index contributed by atoms with van der Waals surface area (Å²) in [5, 5.41) is 6.24. The van der Waals surface area contributed by atoms with E-state index < -0.39 is 53.1 Å². The van der Waals surface area contributed by atoms with Gasteiger partial charge in [0.05, 0.1) is 12.3 Å². The van der Waals surface area contributed by atoms with Crippen LogP contribution in [0.4, 0.5) is 40.4 Å². The molecular formula is C44H53F2N5O7. The summed E-state index contributed by atoms with van der Waals surface area (Å²) >= 11 is 0. The van der Waals surface area contributed by atoms with Crippen molar-refractivity contribution in [2.24, 2.45) is 5.92 Å². The monoisotopic (exact) mass is 801 g/mol. The van der Waals surface area contributed by atoms with E-state index in [9.17, 15) is 19.2 Å². The van der Waals surface area contributed by atoms with Crippen LogP contribution in [0.2, 0.25) is 0 Å². The number of benzene rings is 3. The van der Waals surface area contributed by atoms with Gasteiger partial charge in [-0.25, -0.2) is 28.1 Å². The van der Waals surface area contributed by atoms with Crippen LogP contribution in [0.15, 0.2) is 54.7 Å². The fourth-order valence-electron chi connectivity index (χ4n) is 6.75. The molecule has 3 heterocycles. The Morgan fingerprint density at radius 3 is 2.24 bits per heavy atom. The largest absolute Gasteiger partial charge is 0.449 e. The van der Waals surface area contributed by atoms with Crippen LogP contribution in [0.1, 0.15) is 102 Å². The highest BCUT2D eigenvalue weighted by Crippen LogP contribution is 2.35. The van der Waals surface area contributed by atoms with Crippen LogP contribution in [0.3, 0.4) is 0 Å². The first-order valence-electron chi connectivity index (χ1n) is 19.2. The molecule has 0 aliphatic carbocycles. The number of ether oxygens (including phenoxy) is 3. The van der Waals surface area contributed by atoms with Gasteiger partial charge in [0.1, 0.15) is 28.9 Å². The number of fused-ring (bicyclic) bond motifs is 10. The van der Waals surface area contributed by atoms with E-state index in [0.29, 0.717) is 33.4 Å². The minimum Gasteiger partial charge on any atom is -0.449 e. The molecule has 12 nitrogen and oxygen atoms in total. The average molecular weight is 802 g/mol. The quantitative estimate of drug-likeness (QED) is 0.189. The Morgan fingerprint density at radius 1 is 0.983 bits per heavy atom. The van der Waals surface area contributed by atoms with Crippen molar-refractivity contribution in [2.45, 2.75) is 105 Å². The fourth-order valence-corrected chi connectivity index (χ4v) is 6.75. The number of pyridine rings is 1. The molecule has 2 aliphatic heterocycles. The van der Waals surface area contributed by atoms with Gasteiger partial charge in [0, 0.05) is 36.8 Å². The number of amides is 4. The number of hydrogen-bond acceptors (Lipinski definition) is 9. The summed E-state index contributed by atoms with van der Waals surface area (Å²) in [5.41, 5.74) is 1.26. The van der Waals surface area contributed by atoms with Crippen LogP contribution in [0.25, 0.3) is 10.8 Å². The van der Waals surface area contributed by atoms with Gasteiger partial charge >= 0.3 is 18.3 Å². The second kappa shape index (κ2) is 17.0. The second-order valence-corrected chi connectivity index (χ2v) is 17.2. The third kappa shape index (κ3) is 10.4. The Balaban J connectivity index is 1.61. The Labute approximate surface area is 338 Å². The third-order valence-corrected chi connectivity index (χ3v) is 9.29. The maximum absolute atomic E-state index is 16.5. The van der Waals surface area contributed by atoms with Gasteiger partial charge in [0.15, 0.2) is 5.82 Å².